The highest BCUT2D eigenvalue weighted by Gasteiger charge is 2.35. The van der Waals surface area contributed by atoms with Gasteiger partial charge in [-0.3, -0.25) is 0 Å². The van der Waals surface area contributed by atoms with Crippen LogP contribution in [0, 0.1) is 0 Å². The van der Waals surface area contributed by atoms with Crippen molar-refractivity contribution in [2.45, 2.75) is 31.7 Å². The van der Waals surface area contributed by atoms with E-state index in [-0.39, 0.29) is 12.8 Å². The number of carbonyl (C=O) groups excluding carboxylic acids is 1. The molecule has 1 atom stereocenters. The van der Waals surface area contributed by atoms with E-state index in [9.17, 15) is 4.79 Å². The largest absolute Gasteiger partial charge is 0.344 e. The zero-order chi connectivity index (χ0) is 14.0. The molecule has 0 amide bonds. The van der Waals surface area contributed by atoms with Crippen molar-refractivity contribution in [3.63, 3.8) is 0 Å². The molecule has 1 N–H and O–H groups in total. The molecule has 0 aliphatic heterocycles. The predicted octanol–water partition coefficient (Wildman–Crippen LogP) is 0.602. The SMILES string of the molecule is COOC(CC(=O)OO)CC(C)(OOC)OOC. The fourth-order valence-electron chi connectivity index (χ4n) is 1.35. The predicted molar refractivity (Wildman–Crippen MR) is 54.4 cm³/mol. The van der Waals surface area contributed by atoms with E-state index in [2.05, 4.69) is 19.6 Å². The van der Waals surface area contributed by atoms with Crippen molar-refractivity contribution in [1.82, 2.24) is 0 Å². The molecule has 18 heavy (non-hydrogen) atoms. The van der Waals surface area contributed by atoms with E-state index >= 15 is 0 Å². The van der Waals surface area contributed by atoms with E-state index in [1.165, 1.54) is 28.3 Å². The Kier molecular flexibility index (Phi) is 8.75. The molecule has 108 valence electrons. The molecule has 0 saturated carbocycles. The summed E-state index contributed by atoms with van der Waals surface area (Å²) in [4.78, 5) is 42.5. The van der Waals surface area contributed by atoms with Crippen LogP contribution >= 0.6 is 0 Å². The first-order valence-electron chi connectivity index (χ1n) is 4.98. The minimum absolute atomic E-state index is 0.0115. The number of carbonyl (C=O) groups is 1. The first-order valence-corrected chi connectivity index (χ1v) is 4.98. The van der Waals surface area contributed by atoms with Gasteiger partial charge in [0.2, 0.25) is 5.79 Å². The average Bonchev–Trinajstić information content (AvgIpc) is 2.29. The smallest absolute Gasteiger partial charge is 0.301 e. The van der Waals surface area contributed by atoms with Gasteiger partial charge in [0.15, 0.2) is 0 Å². The minimum Gasteiger partial charge on any atom is -0.301 e. The quantitative estimate of drug-likeness (QED) is 0.347. The summed E-state index contributed by atoms with van der Waals surface area (Å²) >= 11 is 0. The van der Waals surface area contributed by atoms with Gasteiger partial charge in [0.05, 0.1) is 27.8 Å². The van der Waals surface area contributed by atoms with E-state index < -0.39 is 17.9 Å². The highest BCUT2D eigenvalue weighted by Crippen LogP contribution is 2.23. The van der Waals surface area contributed by atoms with Crippen molar-refractivity contribution in [1.29, 1.82) is 0 Å². The zero-order valence-corrected chi connectivity index (χ0v) is 10.7. The van der Waals surface area contributed by atoms with Crippen LogP contribution in [0.25, 0.3) is 0 Å². The molecule has 0 fully saturated rings. The van der Waals surface area contributed by atoms with Crippen LogP contribution < -0.4 is 0 Å². The van der Waals surface area contributed by atoms with Gasteiger partial charge in [-0.25, -0.2) is 24.3 Å². The van der Waals surface area contributed by atoms with Crippen molar-refractivity contribution in [3.8, 4) is 0 Å². The second kappa shape index (κ2) is 9.16. The Labute approximate surface area is 104 Å². The van der Waals surface area contributed by atoms with Crippen LogP contribution in [-0.2, 0) is 39.0 Å². The summed E-state index contributed by atoms with van der Waals surface area (Å²) < 4.78 is 0. The van der Waals surface area contributed by atoms with Crippen molar-refractivity contribution in [2.75, 3.05) is 21.3 Å². The van der Waals surface area contributed by atoms with Crippen LogP contribution in [0.4, 0.5) is 0 Å². The van der Waals surface area contributed by atoms with Crippen LogP contribution in [0.5, 0.6) is 0 Å². The van der Waals surface area contributed by atoms with Crippen molar-refractivity contribution in [3.05, 3.63) is 0 Å². The molecule has 0 rings (SSSR count). The molecule has 0 saturated heterocycles. The van der Waals surface area contributed by atoms with Gasteiger partial charge in [-0.15, -0.1) is 0 Å². The van der Waals surface area contributed by atoms with Crippen molar-refractivity contribution >= 4 is 5.97 Å². The molecule has 0 aromatic heterocycles. The molecule has 0 heterocycles. The Morgan fingerprint density at radius 3 is 2.11 bits per heavy atom. The van der Waals surface area contributed by atoms with Gasteiger partial charge in [0.25, 0.3) is 0 Å². The van der Waals surface area contributed by atoms with Crippen LogP contribution in [0.15, 0.2) is 0 Å². The van der Waals surface area contributed by atoms with Crippen LogP contribution in [0.2, 0.25) is 0 Å². The normalized spacial score (nSPS) is 13.4. The maximum Gasteiger partial charge on any atom is 0.344 e. The lowest BCUT2D eigenvalue weighted by Crippen LogP contribution is -2.37. The molecule has 0 spiro atoms. The summed E-state index contributed by atoms with van der Waals surface area (Å²) in [6.07, 6.45) is -1.07. The Hall–Kier alpha value is -0.810. The Balaban J connectivity index is 4.53. The second-order valence-electron chi connectivity index (χ2n) is 3.39. The summed E-state index contributed by atoms with van der Waals surface area (Å²) in [5, 5.41) is 8.20. The van der Waals surface area contributed by atoms with Gasteiger partial charge >= 0.3 is 5.97 Å². The first kappa shape index (κ1) is 17.2. The van der Waals surface area contributed by atoms with E-state index in [4.69, 9.17) is 19.9 Å². The number of hydrogen-bond acceptors (Lipinski definition) is 9. The monoisotopic (exact) mass is 270 g/mol. The molecule has 0 radical (unpaired) electrons. The third-order valence-corrected chi connectivity index (χ3v) is 1.85. The van der Waals surface area contributed by atoms with E-state index in [1.54, 1.807) is 0 Å². The van der Waals surface area contributed by atoms with Crippen molar-refractivity contribution in [2.24, 2.45) is 0 Å². The maximum absolute atomic E-state index is 10.9. The molecule has 0 aromatic rings. The molecule has 1 unspecified atom stereocenters. The van der Waals surface area contributed by atoms with Gasteiger partial charge in [0.1, 0.15) is 6.10 Å². The number of hydrogen-bond donors (Lipinski definition) is 1. The fourth-order valence-corrected chi connectivity index (χ4v) is 1.35. The highest BCUT2D eigenvalue weighted by molar-refractivity contribution is 5.69. The molecule has 9 heteroatoms. The third kappa shape index (κ3) is 6.81. The maximum atomic E-state index is 10.9. The van der Waals surface area contributed by atoms with Gasteiger partial charge in [0, 0.05) is 6.42 Å². The minimum atomic E-state index is -1.33. The average molecular weight is 270 g/mol. The molecule has 0 aliphatic carbocycles. The highest BCUT2D eigenvalue weighted by atomic mass is 17.3. The fraction of sp³-hybridized carbons (Fsp3) is 0.889. The summed E-state index contributed by atoms with van der Waals surface area (Å²) in [7, 11) is 3.83. The van der Waals surface area contributed by atoms with Crippen LogP contribution in [0.1, 0.15) is 19.8 Å². The molecule has 0 aliphatic rings. The summed E-state index contributed by atoms with van der Waals surface area (Å²) in [5.74, 6) is -2.23. The summed E-state index contributed by atoms with van der Waals surface area (Å²) in [5.41, 5.74) is 0. The van der Waals surface area contributed by atoms with Gasteiger partial charge in [-0.2, -0.15) is 15.0 Å². The van der Waals surface area contributed by atoms with E-state index in [0.717, 1.165) is 0 Å². The molecule has 9 nitrogen and oxygen atoms in total. The van der Waals surface area contributed by atoms with Gasteiger partial charge in [-0.1, -0.05) is 0 Å². The molecule has 0 aromatic carbocycles. The van der Waals surface area contributed by atoms with Crippen LogP contribution in [-0.4, -0.2) is 44.4 Å². The third-order valence-electron chi connectivity index (χ3n) is 1.85. The standard InChI is InChI=1S/C9H18O9/c1-9(17-13-3,18-14-4)6-7(16-12-2)5-8(10)15-11/h7,11H,5-6H2,1-4H3. The topological polar surface area (TPSA) is 102 Å². The van der Waals surface area contributed by atoms with Gasteiger partial charge in [-0.05, 0) is 6.92 Å². The lowest BCUT2D eigenvalue weighted by molar-refractivity contribution is -0.501. The molecular weight excluding hydrogens is 252 g/mol. The molecule has 0 bridgehead atoms. The zero-order valence-electron chi connectivity index (χ0n) is 10.7. The lowest BCUT2D eigenvalue weighted by atomic mass is 10.1. The first-order chi connectivity index (χ1) is 8.51. The van der Waals surface area contributed by atoms with E-state index in [1.807, 2.05) is 0 Å². The van der Waals surface area contributed by atoms with Gasteiger partial charge < -0.3 is 4.89 Å². The Bertz CT molecular complexity index is 226. The van der Waals surface area contributed by atoms with E-state index in [0.29, 0.717) is 0 Å². The van der Waals surface area contributed by atoms with Crippen LogP contribution in [0.3, 0.4) is 0 Å². The summed E-state index contributed by atoms with van der Waals surface area (Å²) in [6, 6.07) is 0. The lowest BCUT2D eigenvalue weighted by Gasteiger charge is -2.28. The Morgan fingerprint density at radius 1 is 1.17 bits per heavy atom. The Morgan fingerprint density at radius 2 is 1.72 bits per heavy atom. The second-order valence-corrected chi connectivity index (χ2v) is 3.39. The summed E-state index contributed by atoms with van der Waals surface area (Å²) in [6.45, 7) is 1.50. The molecular formula is C9H18O9. The number of rotatable bonds is 10. The van der Waals surface area contributed by atoms with Crippen molar-refractivity contribution < 1.29 is 44.3 Å².